The molecule has 188 valence electrons. The van der Waals surface area contributed by atoms with Crippen LogP contribution in [0.4, 0.5) is 0 Å². The summed E-state index contributed by atoms with van der Waals surface area (Å²) in [7, 11) is 0. The highest BCUT2D eigenvalue weighted by Gasteiger charge is 2.32. The third-order valence-electron chi connectivity index (χ3n) is 6.64. The van der Waals surface area contributed by atoms with Gasteiger partial charge in [-0.25, -0.2) is 5.48 Å². The van der Waals surface area contributed by atoms with Gasteiger partial charge in [-0.3, -0.25) is 19.7 Å². The number of hydroxylamine groups is 1. The molecule has 0 spiro atoms. The number of esters is 1. The lowest BCUT2D eigenvalue weighted by atomic mass is 9.79. The van der Waals surface area contributed by atoms with Crippen LogP contribution in [-0.2, 0) is 27.3 Å². The number of unbranched alkanes of at least 4 members (excludes halogenated alkanes) is 1. The molecule has 0 bridgehead atoms. The Bertz CT molecular complexity index is 1240. The number of amides is 1. The summed E-state index contributed by atoms with van der Waals surface area (Å²) in [6.45, 7) is 4.61. The van der Waals surface area contributed by atoms with Gasteiger partial charge in [0.05, 0.1) is 5.92 Å². The van der Waals surface area contributed by atoms with Crippen molar-refractivity contribution >= 4 is 22.8 Å². The third-order valence-corrected chi connectivity index (χ3v) is 6.64. The minimum absolute atomic E-state index is 0.138. The Morgan fingerprint density at radius 2 is 1.92 bits per heavy atom. The van der Waals surface area contributed by atoms with Crippen LogP contribution in [0.5, 0.6) is 0 Å². The molecule has 0 fully saturated rings. The topological polar surface area (TPSA) is 94.7 Å². The van der Waals surface area contributed by atoms with Gasteiger partial charge in [-0.1, -0.05) is 67.6 Å². The molecule has 1 aromatic heterocycles. The highest BCUT2D eigenvalue weighted by molar-refractivity contribution is 5.84. The average Bonchev–Trinajstić information content (AvgIpc) is 3.29. The standard InChI is InChI=1S/C29H33N3O4/c1-2-3-8-28(33)36-18-17-32(16-15-23-19-30-27-7-5-4-6-25(23)27)20-21-9-11-22(12-10-21)24-13-14-26(24)29(34)31-35/h4-7,9-12,19,24,26,30,35H,2-3,8,15-18,20H2,1H3,(H,31,34). The summed E-state index contributed by atoms with van der Waals surface area (Å²) in [5.74, 6) is 4.48. The normalized spacial score (nSPS) is 16.3. The van der Waals surface area contributed by atoms with Crippen LogP contribution in [0.1, 0.15) is 48.8 Å². The molecule has 2 unspecified atom stereocenters. The SMILES string of the molecule is CCCCC(=O)OCCN(CCc1c[nH]c2ccccc12)Cc1ccc(C2C#CC2C(=O)NO)cc1. The zero-order chi connectivity index (χ0) is 25.3. The van der Waals surface area contributed by atoms with Crippen molar-refractivity contribution in [3.05, 3.63) is 71.4 Å². The number of rotatable bonds is 13. The molecule has 1 amide bonds. The Hall–Kier alpha value is -3.60. The van der Waals surface area contributed by atoms with Gasteiger partial charge in [-0.05, 0) is 35.6 Å². The van der Waals surface area contributed by atoms with Crippen LogP contribution in [0.2, 0.25) is 0 Å². The van der Waals surface area contributed by atoms with Crippen molar-refractivity contribution in [2.24, 2.45) is 5.92 Å². The number of nitrogens with zero attached hydrogens (tertiary/aromatic N) is 1. The summed E-state index contributed by atoms with van der Waals surface area (Å²) in [6.07, 6.45) is 5.23. The van der Waals surface area contributed by atoms with Gasteiger partial charge in [-0.2, -0.15) is 0 Å². The van der Waals surface area contributed by atoms with E-state index in [-0.39, 0.29) is 11.9 Å². The highest BCUT2D eigenvalue weighted by Crippen LogP contribution is 2.30. The van der Waals surface area contributed by atoms with E-state index in [0.717, 1.165) is 42.5 Å². The number of benzene rings is 2. The fraction of sp³-hybridized carbons (Fsp3) is 0.379. The van der Waals surface area contributed by atoms with E-state index in [1.165, 1.54) is 10.9 Å². The molecule has 2 aromatic carbocycles. The molecule has 0 radical (unpaired) electrons. The van der Waals surface area contributed by atoms with Gasteiger partial charge in [-0.15, -0.1) is 0 Å². The summed E-state index contributed by atoms with van der Waals surface area (Å²) >= 11 is 0. The molecule has 0 saturated heterocycles. The van der Waals surface area contributed by atoms with Crippen molar-refractivity contribution in [3.63, 3.8) is 0 Å². The summed E-state index contributed by atoms with van der Waals surface area (Å²) in [5.41, 5.74) is 6.18. The lowest BCUT2D eigenvalue weighted by Gasteiger charge is -2.24. The number of hydrogen-bond acceptors (Lipinski definition) is 5. The number of aromatic amines is 1. The molecular weight excluding hydrogens is 454 g/mol. The number of hydrogen-bond donors (Lipinski definition) is 3. The zero-order valence-corrected chi connectivity index (χ0v) is 20.6. The van der Waals surface area contributed by atoms with E-state index in [1.807, 2.05) is 18.2 Å². The molecule has 0 saturated carbocycles. The van der Waals surface area contributed by atoms with Crippen LogP contribution in [0.25, 0.3) is 10.9 Å². The fourth-order valence-corrected chi connectivity index (χ4v) is 4.47. The highest BCUT2D eigenvalue weighted by atomic mass is 16.5. The van der Waals surface area contributed by atoms with E-state index >= 15 is 0 Å². The van der Waals surface area contributed by atoms with Crippen molar-refractivity contribution in [1.29, 1.82) is 0 Å². The van der Waals surface area contributed by atoms with Gasteiger partial charge in [0.15, 0.2) is 0 Å². The first-order valence-electron chi connectivity index (χ1n) is 12.6. The summed E-state index contributed by atoms with van der Waals surface area (Å²) < 4.78 is 5.48. The molecule has 7 nitrogen and oxygen atoms in total. The number of fused-ring (bicyclic) bond motifs is 1. The Morgan fingerprint density at radius 3 is 2.64 bits per heavy atom. The fourth-order valence-electron chi connectivity index (χ4n) is 4.47. The van der Waals surface area contributed by atoms with E-state index in [0.29, 0.717) is 26.1 Å². The molecule has 3 N–H and O–H groups in total. The first-order chi connectivity index (χ1) is 17.6. The first-order valence-corrected chi connectivity index (χ1v) is 12.6. The number of aromatic nitrogens is 1. The van der Waals surface area contributed by atoms with Gasteiger partial charge in [0.2, 0.25) is 0 Å². The molecule has 0 aliphatic heterocycles. The van der Waals surface area contributed by atoms with Crippen molar-refractivity contribution in [2.45, 2.75) is 45.1 Å². The lowest BCUT2D eigenvalue weighted by molar-refractivity contribution is -0.144. The van der Waals surface area contributed by atoms with E-state index in [1.54, 1.807) is 5.48 Å². The zero-order valence-electron chi connectivity index (χ0n) is 20.6. The van der Waals surface area contributed by atoms with Gasteiger partial charge in [0, 0.05) is 43.2 Å². The minimum Gasteiger partial charge on any atom is -0.464 e. The predicted molar refractivity (Wildman–Crippen MR) is 138 cm³/mol. The van der Waals surface area contributed by atoms with Crippen molar-refractivity contribution in [1.82, 2.24) is 15.4 Å². The van der Waals surface area contributed by atoms with Crippen molar-refractivity contribution < 1.29 is 19.5 Å². The van der Waals surface area contributed by atoms with Gasteiger partial charge in [0.25, 0.3) is 5.91 Å². The van der Waals surface area contributed by atoms with Crippen molar-refractivity contribution in [3.8, 4) is 11.8 Å². The number of nitrogens with one attached hydrogen (secondary N) is 2. The molecule has 1 aliphatic rings. The van der Waals surface area contributed by atoms with Crippen molar-refractivity contribution in [2.75, 3.05) is 19.7 Å². The largest absolute Gasteiger partial charge is 0.464 e. The number of carbonyl (C=O) groups excluding carboxylic acids is 2. The number of H-pyrrole nitrogens is 1. The van der Waals surface area contributed by atoms with Crippen LogP contribution in [0.15, 0.2) is 54.7 Å². The molecule has 36 heavy (non-hydrogen) atoms. The number of carbonyl (C=O) groups is 2. The lowest BCUT2D eigenvalue weighted by Crippen LogP contribution is -2.34. The Morgan fingerprint density at radius 1 is 1.11 bits per heavy atom. The molecule has 2 atom stereocenters. The Labute approximate surface area is 211 Å². The second-order valence-electron chi connectivity index (χ2n) is 9.17. The Balaban J connectivity index is 1.39. The van der Waals surface area contributed by atoms with E-state index in [9.17, 15) is 9.59 Å². The van der Waals surface area contributed by atoms with E-state index in [4.69, 9.17) is 9.94 Å². The molecule has 7 heteroatoms. The minimum atomic E-state index is -0.518. The molecule has 1 aliphatic carbocycles. The predicted octanol–water partition coefficient (Wildman–Crippen LogP) is 4.17. The summed E-state index contributed by atoms with van der Waals surface area (Å²) in [4.78, 5) is 29.3. The first kappa shape index (κ1) is 25.5. The molecule has 1 heterocycles. The second-order valence-corrected chi connectivity index (χ2v) is 9.17. The van der Waals surface area contributed by atoms with Crippen LogP contribution in [-0.4, -0.2) is 46.7 Å². The molecule has 4 rings (SSSR count). The van der Waals surface area contributed by atoms with Crippen LogP contribution < -0.4 is 5.48 Å². The van der Waals surface area contributed by atoms with E-state index < -0.39 is 11.8 Å². The molecule has 3 aromatic rings. The van der Waals surface area contributed by atoms with Gasteiger partial charge < -0.3 is 9.72 Å². The van der Waals surface area contributed by atoms with Crippen LogP contribution in [0, 0.1) is 17.8 Å². The third kappa shape index (κ3) is 6.34. The van der Waals surface area contributed by atoms with E-state index in [2.05, 4.69) is 65.2 Å². The average molecular weight is 488 g/mol. The summed E-state index contributed by atoms with van der Waals surface area (Å²) in [5, 5.41) is 10.1. The van der Waals surface area contributed by atoms with Gasteiger partial charge in [0.1, 0.15) is 12.5 Å². The second kappa shape index (κ2) is 12.4. The number of para-hydroxylation sites is 1. The molecular formula is C29H33N3O4. The maximum Gasteiger partial charge on any atom is 0.305 e. The Kier molecular flexibility index (Phi) is 8.77. The van der Waals surface area contributed by atoms with Gasteiger partial charge >= 0.3 is 5.97 Å². The van der Waals surface area contributed by atoms with Crippen LogP contribution in [0.3, 0.4) is 0 Å². The smallest absolute Gasteiger partial charge is 0.305 e. The number of ether oxygens (including phenoxy) is 1. The van der Waals surface area contributed by atoms with Crippen LogP contribution >= 0.6 is 0 Å². The maximum absolute atomic E-state index is 12.0. The summed E-state index contributed by atoms with van der Waals surface area (Å²) in [6, 6.07) is 16.4. The monoisotopic (exact) mass is 487 g/mol. The quantitative estimate of drug-likeness (QED) is 0.146. The maximum atomic E-state index is 12.0.